The molecule has 0 saturated carbocycles. The molecule has 0 bridgehead atoms. The van der Waals surface area contributed by atoms with Crippen LogP contribution in [0.1, 0.15) is 53.5 Å². The first-order chi connectivity index (χ1) is 29.0. The number of aromatic nitrogens is 3. The van der Waals surface area contributed by atoms with Gasteiger partial charge in [0.2, 0.25) is 11.8 Å². The highest BCUT2D eigenvalue weighted by atomic mass is 19.4. The molecule has 0 unspecified atom stereocenters. The Labute approximate surface area is 345 Å². The highest BCUT2D eigenvalue weighted by Gasteiger charge is 2.33. The fourth-order valence-corrected chi connectivity index (χ4v) is 6.85. The van der Waals surface area contributed by atoms with E-state index < -0.39 is 41.3 Å². The second-order valence-electron chi connectivity index (χ2n) is 14.7. The van der Waals surface area contributed by atoms with Crippen molar-refractivity contribution in [1.82, 2.24) is 25.2 Å². The van der Waals surface area contributed by atoms with E-state index in [0.29, 0.717) is 43.1 Å². The van der Waals surface area contributed by atoms with Gasteiger partial charge in [-0.1, -0.05) is 24.3 Å². The first-order valence-electron chi connectivity index (χ1n) is 19.4. The van der Waals surface area contributed by atoms with Gasteiger partial charge in [-0.15, -0.1) is 0 Å². The van der Waals surface area contributed by atoms with E-state index in [-0.39, 0.29) is 23.5 Å². The lowest BCUT2D eigenvalue weighted by molar-refractivity contribution is -0.138. The van der Waals surface area contributed by atoms with Crippen molar-refractivity contribution in [3.8, 4) is 23.3 Å². The number of rotatable bonds is 9. The summed E-state index contributed by atoms with van der Waals surface area (Å²) in [7, 11) is 0. The number of ether oxygens (including phenoxy) is 2. The maximum Gasteiger partial charge on any atom is 0.417 e. The van der Waals surface area contributed by atoms with E-state index in [0.717, 1.165) is 93.5 Å². The molecule has 0 atom stereocenters. The molecule has 2 aliphatic heterocycles. The van der Waals surface area contributed by atoms with Gasteiger partial charge in [0.1, 0.15) is 17.3 Å². The molecule has 2 aromatic carbocycles. The summed E-state index contributed by atoms with van der Waals surface area (Å²) in [6, 6.07) is 20.7. The summed E-state index contributed by atoms with van der Waals surface area (Å²) in [4.78, 5) is 25.2. The predicted molar refractivity (Wildman–Crippen MR) is 207 cm³/mol. The fourth-order valence-electron chi connectivity index (χ4n) is 6.85. The molecule has 2 fully saturated rings. The zero-order valence-corrected chi connectivity index (χ0v) is 32.5. The SMILES string of the molecule is FC(F)(F)c1ccc(Oc2cccc(CC3CCNCC3)c2)nc1.O=C(Nc1ccc(C(F)(F)F)cn1)N1CCC(Cc2cccc(Oc3ccc(C(F)(F)F)cn3)c2)CC1. The predicted octanol–water partition coefficient (Wildman–Crippen LogP) is 11.2. The standard InChI is InChI=1S/C25H22F6N4O2.C18H19F3N2O/c26-24(27,28)18-4-6-21(32-14-18)34-23(36)35-10-8-16(9-11-35)12-17-2-1-3-20(13-17)37-22-7-5-19(15-33-22)25(29,30)31;19-18(20,21)15-4-5-17(23-12-15)24-16-3-1-2-14(11-16)10-13-6-8-22-9-7-13/h1-7,13-16H,8-12H2,(H,32,34,36);1-5,11-13,22H,6-10H2. The van der Waals surface area contributed by atoms with Crippen molar-refractivity contribution in [3.05, 3.63) is 131 Å². The van der Waals surface area contributed by atoms with Crippen LogP contribution in [0, 0.1) is 11.8 Å². The van der Waals surface area contributed by atoms with Crippen molar-refractivity contribution in [1.29, 1.82) is 0 Å². The second kappa shape index (κ2) is 19.6. The van der Waals surface area contributed by atoms with Crippen molar-refractivity contribution < 1.29 is 53.8 Å². The third-order valence-electron chi connectivity index (χ3n) is 10.1. The van der Waals surface area contributed by atoms with Crippen LogP contribution in [0.3, 0.4) is 0 Å². The highest BCUT2D eigenvalue weighted by molar-refractivity contribution is 5.88. The Kier molecular flexibility index (Phi) is 14.4. The van der Waals surface area contributed by atoms with E-state index in [1.807, 2.05) is 18.2 Å². The molecule has 5 heterocycles. The molecule has 324 valence electrons. The highest BCUT2D eigenvalue weighted by Crippen LogP contribution is 2.33. The minimum absolute atomic E-state index is 0.0412. The summed E-state index contributed by atoms with van der Waals surface area (Å²) in [5, 5.41) is 5.87. The molecule has 0 aliphatic carbocycles. The Morgan fingerprint density at radius 3 is 1.46 bits per heavy atom. The molecule has 2 saturated heterocycles. The van der Waals surface area contributed by atoms with Gasteiger partial charge in [-0.25, -0.2) is 19.7 Å². The van der Waals surface area contributed by atoms with Crippen molar-refractivity contribution in [2.45, 2.75) is 57.1 Å². The molecule has 9 nitrogen and oxygen atoms in total. The molecule has 0 spiro atoms. The zero-order chi connectivity index (χ0) is 43.6. The largest absolute Gasteiger partial charge is 0.439 e. The van der Waals surface area contributed by atoms with Gasteiger partial charge in [-0.05, 0) is 123 Å². The van der Waals surface area contributed by atoms with Gasteiger partial charge in [0.15, 0.2) is 0 Å². The molecule has 2 amide bonds. The number of benzene rings is 2. The monoisotopic (exact) mass is 860 g/mol. The van der Waals surface area contributed by atoms with Crippen LogP contribution in [0.25, 0.3) is 0 Å². The average Bonchev–Trinajstić information content (AvgIpc) is 3.22. The van der Waals surface area contributed by atoms with Crippen LogP contribution in [0.15, 0.2) is 104 Å². The molecule has 5 aromatic rings. The van der Waals surface area contributed by atoms with E-state index in [2.05, 4.69) is 31.7 Å². The van der Waals surface area contributed by atoms with Gasteiger partial charge in [0.05, 0.1) is 16.7 Å². The van der Waals surface area contributed by atoms with Crippen molar-refractivity contribution in [2.24, 2.45) is 11.8 Å². The Morgan fingerprint density at radius 1 is 0.607 bits per heavy atom. The molecular formula is C43H41F9N6O3. The Bertz CT molecular complexity index is 2170. The van der Waals surface area contributed by atoms with Crippen molar-refractivity contribution in [2.75, 3.05) is 31.5 Å². The molecule has 18 heteroatoms. The normalized spacial score (nSPS) is 15.4. The number of carbonyl (C=O) groups is 1. The number of likely N-dealkylation sites (tertiary alicyclic amines) is 1. The molecule has 61 heavy (non-hydrogen) atoms. The van der Waals surface area contributed by atoms with E-state index in [9.17, 15) is 44.3 Å². The van der Waals surface area contributed by atoms with Crippen LogP contribution >= 0.6 is 0 Å². The number of anilines is 1. The smallest absolute Gasteiger partial charge is 0.417 e. The quantitative estimate of drug-likeness (QED) is 0.142. The Morgan fingerprint density at radius 2 is 1.05 bits per heavy atom. The number of alkyl halides is 9. The molecular weight excluding hydrogens is 819 g/mol. The van der Waals surface area contributed by atoms with Gasteiger partial charge in [0, 0.05) is 43.8 Å². The van der Waals surface area contributed by atoms with E-state index in [1.54, 1.807) is 29.2 Å². The Hall–Kier alpha value is -5.91. The summed E-state index contributed by atoms with van der Waals surface area (Å²) in [6.45, 7) is 3.05. The number of urea groups is 1. The fraction of sp³-hybridized carbons (Fsp3) is 0.349. The molecule has 0 radical (unpaired) electrons. The molecule has 2 aliphatic rings. The number of pyridine rings is 3. The van der Waals surface area contributed by atoms with E-state index in [4.69, 9.17) is 9.47 Å². The van der Waals surface area contributed by atoms with E-state index in [1.165, 1.54) is 11.6 Å². The van der Waals surface area contributed by atoms with Crippen molar-refractivity contribution >= 4 is 11.8 Å². The first-order valence-corrected chi connectivity index (χ1v) is 19.4. The lowest BCUT2D eigenvalue weighted by Gasteiger charge is -2.32. The number of hydrogen-bond donors (Lipinski definition) is 2. The van der Waals surface area contributed by atoms with Crippen molar-refractivity contribution in [3.63, 3.8) is 0 Å². The molecule has 3 aromatic heterocycles. The summed E-state index contributed by atoms with van der Waals surface area (Å²) in [5.74, 6) is 2.23. The van der Waals surface area contributed by atoms with Crippen LogP contribution < -0.4 is 20.1 Å². The third-order valence-corrected chi connectivity index (χ3v) is 10.1. The number of hydrogen-bond acceptors (Lipinski definition) is 7. The van der Waals surface area contributed by atoms with Gasteiger partial charge < -0.3 is 19.7 Å². The van der Waals surface area contributed by atoms with Crippen LogP contribution in [0.4, 0.5) is 50.1 Å². The lowest BCUT2D eigenvalue weighted by atomic mass is 9.90. The number of nitrogens with zero attached hydrogens (tertiary/aromatic N) is 4. The topological polar surface area (TPSA) is 102 Å². The first kappa shape index (κ1) is 44.6. The minimum atomic E-state index is -4.50. The van der Waals surface area contributed by atoms with Crippen LogP contribution in [0.5, 0.6) is 23.3 Å². The third kappa shape index (κ3) is 13.5. The van der Waals surface area contributed by atoms with Gasteiger partial charge >= 0.3 is 24.6 Å². The minimum Gasteiger partial charge on any atom is -0.439 e. The summed E-state index contributed by atoms with van der Waals surface area (Å²) >= 11 is 0. The zero-order valence-electron chi connectivity index (χ0n) is 32.5. The number of halogens is 9. The van der Waals surface area contributed by atoms with Crippen LogP contribution in [0.2, 0.25) is 0 Å². The maximum atomic E-state index is 12.7. The van der Waals surface area contributed by atoms with Crippen LogP contribution in [-0.4, -0.2) is 52.1 Å². The lowest BCUT2D eigenvalue weighted by Crippen LogP contribution is -2.41. The van der Waals surface area contributed by atoms with E-state index >= 15 is 0 Å². The Balaban J connectivity index is 0.000000223. The number of amides is 2. The molecule has 2 N–H and O–H groups in total. The summed E-state index contributed by atoms with van der Waals surface area (Å²) < 4.78 is 125. The second-order valence-corrected chi connectivity index (χ2v) is 14.7. The maximum absolute atomic E-state index is 12.7. The van der Waals surface area contributed by atoms with Gasteiger partial charge in [0.25, 0.3) is 0 Å². The number of carbonyl (C=O) groups excluding carboxylic acids is 1. The number of nitrogens with one attached hydrogen (secondary N) is 2. The summed E-state index contributed by atoms with van der Waals surface area (Å²) in [6.07, 6.45) is -5.72. The van der Waals surface area contributed by atoms with Crippen LogP contribution in [-0.2, 0) is 31.4 Å². The van der Waals surface area contributed by atoms with Gasteiger partial charge in [-0.3, -0.25) is 5.32 Å². The summed E-state index contributed by atoms with van der Waals surface area (Å²) in [5.41, 5.74) is -0.386. The van der Waals surface area contributed by atoms with Gasteiger partial charge in [-0.2, -0.15) is 39.5 Å². The molecule has 7 rings (SSSR count). The average molecular weight is 861 g/mol. The number of piperidine rings is 2.